The predicted molar refractivity (Wildman–Crippen MR) is 121 cm³/mol. The highest BCUT2D eigenvalue weighted by atomic mass is 32.2. The van der Waals surface area contributed by atoms with Crippen LogP contribution in [0.5, 0.6) is 0 Å². The zero-order valence-electron chi connectivity index (χ0n) is 18.6. The summed E-state index contributed by atoms with van der Waals surface area (Å²) in [6.07, 6.45) is 0.348. The van der Waals surface area contributed by atoms with E-state index in [0.717, 1.165) is 16.1 Å². The molecule has 17 nitrogen and oxygen atoms in total. The molecule has 4 rings (SSSR count). The number of hydrogen-bond acceptors (Lipinski definition) is 13. The smallest absolute Gasteiger partial charge is 0.362 e. The normalized spacial score (nSPS) is 21.1. The molecule has 2 aliphatic rings. The number of aryl methyl sites for hydroxylation is 1. The number of carbonyl (C=O) groups is 3. The molecule has 1 aliphatic heterocycles. The highest BCUT2D eigenvalue weighted by Crippen LogP contribution is 2.40. The Kier molecular flexibility index (Phi) is 6.41. The molecule has 2 amide bonds. The molecule has 0 bridgehead atoms. The summed E-state index contributed by atoms with van der Waals surface area (Å²) in [5.41, 5.74) is 10.00. The van der Waals surface area contributed by atoms with Gasteiger partial charge in [-0.15, -0.1) is 11.3 Å². The number of aromatic nitrogens is 4. The topological polar surface area (TPSA) is 258 Å². The monoisotopic (exact) mass is 543 g/mol. The van der Waals surface area contributed by atoms with Crippen molar-refractivity contribution in [2.75, 3.05) is 5.73 Å². The van der Waals surface area contributed by atoms with Crippen molar-refractivity contribution in [1.29, 1.82) is 0 Å². The Hall–Kier alpha value is -3.68. The highest BCUT2D eigenvalue weighted by molar-refractivity contribution is 7.84. The maximum atomic E-state index is 13.1. The van der Waals surface area contributed by atoms with E-state index in [0.29, 0.717) is 11.4 Å². The van der Waals surface area contributed by atoms with Crippen molar-refractivity contribution in [2.45, 2.75) is 50.5 Å². The van der Waals surface area contributed by atoms with Crippen LogP contribution in [0.1, 0.15) is 29.9 Å². The lowest BCUT2D eigenvalue weighted by molar-refractivity contribution is -0.153. The number of nitrogens with two attached hydrogens (primary N) is 2. The third-order valence-electron chi connectivity index (χ3n) is 5.55. The Morgan fingerprint density at radius 3 is 2.58 bits per heavy atom. The van der Waals surface area contributed by atoms with E-state index in [1.807, 2.05) is 0 Å². The van der Waals surface area contributed by atoms with Gasteiger partial charge in [0.15, 0.2) is 10.8 Å². The number of thiazole rings is 1. The molecule has 36 heavy (non-hydrogen) atoms. The number of nitrogens with zero attached hydrogens (tertiary/aromatic N) is 6. The van der Waals surface area contributed by atoms with Gasteiger partial charge in [0.05, 0.1) is 17.9 Å². The van der Waals surface area contributed by atoms with Crippen LogP contribution in [0.3, 0.4) is 0 Å². The van der Waals surface area contributed by atoms with E-state index >= 15 is 0 Å². The van der Waals surface area contributed by atoms with Crippen molar-refractivity contribution in [3.63, 3.8) is 0 Å². The number of anilines is 1. The van der Waals surface area contributed by atoms with Crippen LogP contribution in [-0.2, 0) is 42.6 Å². The number of β-lactam (4-membered cyclic amide) rings is 1. The summed E-state index contributed by atoms with van der Waals surface area (Å²) in [6, 6.07) is -2.74. The second-order valence-corrected chi connectivity index (χ2v) is 10.2. The summed E-state index contributed by atoms with van der Waals surface area (Å²) < 4.78 is 33.3. The van der Waals surface area contributed by atoms with Gasteiger partial charge in [0.25, 0.3) is 11.8 Å². The first-order valence-electron chi connectivity index (χ1n) is 10.3. The molecule has 0 radical (unpaired) electrons. The van der Waals surface area contributed by atoms with Crippen molar-refractivity contribution in [2.24, 2.45) is 10.9 Å². The van der Waals surface area contributed by atoms with E-state index in [2.05, 4.69) is 25.7 Å². The third kappa shape index (κ3) is 4.72. The average molecular weight is 544 g/mol. The minimum atomic E-state index is -4.97. The van der Waals surface area contributed by atoms with Gasteiger partial charge < -0.3 is 26.7 Å². The first-order valence-corrected chi connectivity index (χ1v) is 12.6. The predicted octanol–water partition coefficient (Wildman–Crippen LogP) is -2.38. The van der Waals surface area contributed by atoms with E-state index in [9.17, 15) is 32.5 Å². The van der Waals surface area contributed by atoms with Crippen molar-refractivity contribution >= 4 is 50.3 Å². The molecule has 2 aromatic heterocycles. The van der Waals surface area contributed by atoms with Crippen molar-refractivity contribution in [3.8, 4) is 0 Å². The van der Waals surface area contributed by atoms with Crippen LogP contribution >= 0.6 is 11.3 Å². The van der Waals surface area contributed by atoms with Gasteiger partial charge in [-0.05, 0) is 6.92 Å². The van der Waals surface area contributed by atoms with Gasteiger partial charge in [-0.2, -0.15) is 23.4 Å². The van der Waals surface area contributed by atoms with Gasteiger partial charge >= 0.3 is 16.3 Å². The van der Waals surface area contributed by atoms with E-state index < -0.39 is 51.5 Å². The largest absolute Gasteiger partial charge is 0.478 e. The number of carboxylic acids is 1. The quantitative estimate of drug-likeness (QED) is 0.0908. The van der Waals surface area contributed by atoms with Gasteiger partial charge in [0.1, 0.15) is 17.8 Å². The summed E-state index contributed by atoms with van der Waals surface area (Å²) in [4.78, 5) is 47.2. The van der Waals surface area contributed by atoms with E-state index in [1.54, 1.807) is 6.92 Å². The maximum Gasteiger partial charge on any atom is 0.362 e. The molecular formula is C17H21N9O8S2. The maximum absolute atomic E-state index is 13.1. The number of rotatable bonds is 10. The minimum absolute atomic E-state index is 0.0527. The number of hydrogen-bond donors (Lipinski definition) is 5. The second kappa shape index (κ2) is 9.08. The summed E-state index contributed by atoms with van der Waals surface area (Å²) in [6.45, 7) is 1.38. The van der Waals surface area contributed by atoms with Crippen LogP contribution in [0.4, 0.5) is 5.13 Å². The Labute approximate surface area is 207 Å². The van der Waals surface area contributed by atoms with Crippen LogP contribution in [0.2, 0.25) is 0 Å². The summed E-state index contributed by atoms with van der Waals surface area (Å²) in [7, 11) is -4.97. The Balaban J connectivity index is 1.60. The molecule has 2 fully saturated rings. The lowest BCUT2D eigenvalue weighted by Crippen LogP contribution is -2.73. The first kappa shape index (κ1) is 25.4. The number of nitrogen functional groups attached to an aromatic ring is 1. The zero-order valence-corrected chi connectivity index (χ0v) is 20.2. The number of amides is 2. The Morgan fingerprint density at radius 2 is 2.08 bits per heavy atom. The van der Waals surface area contributed by atoms with E-state index in [-0.39, 0.29) is 41.1 Å². The van der Waals surface area contributed by atoms with Gasteiger partial charge in [0, 0.05) is 24.8 Å². The molecule has 1 saturated carbocycles. The SMILES string of the molecule is Cc1nn(C[C@@H]2[C@H](NC(=O)C(=NOC3(C(=O)O)CC3)c3csc(N)n3)C(=O)N2S(=O)(=O)O)nc1CN. The Bertz CT molecular complexity index is 1360. The van der Waals surface area contributed by atoms with Crippen molar-refractivity contribution in [1.82, 2.24) is 29.6 Å². The van der Waals surface area contributed by atoms with Gasteiger partial charge in [0.2, 0.25) is 5.60 Å². The second-order valence-electron chi connectivity index (χ2n) is 8.02. The van der Waals surface area contributed by atoms with Gasteiger partial charge in [-0.25, -0.2) is 14.1 Å². The van der Waals surface area contributed by atoms with Crippen LogP contribution in [0.25, 0.3) is 0 Å². The molecule has 0 unspecified atom stereocenters. The summed E-state index contributed by atoms with van der Waals surface area (Å²) in [5.74, 6) is -3.41. The lowest BCUT2D eigenvalue weighted by Gasteiger charge is -2.43. The molecule has 1 saturated heterocycles. The minimum Gasteiger partial charge on any atom is -0.478 e. The van der Waals surface area contributed by atoms with E-state index in [1.165, 1.54) is 5.38 Å². The van der Waals surface area contributed by atoms with Crippen molar-refractivity contribution < 1.29 is 37.3 Å². The molecule has 0 aromatic carbocycles. The molecule has 1 aliphatic carbocycles. The highest BCUT2D eigenvalue weighted by Gasteiger charge is 2.56. The first-order chi connectivity index (χ1) is 16.9. The molecule has 3 heterocycles. The molecular weight excluding hydrogens is 522 g/mol. The summed E-state index contributed by atoms with van der Waals surface area (Å²) >= 11 is 0.973. The molecule has 0 spiro atoms. The van der Waals surface area contributed by atoms with Gasteiger partial charge in [-0.3, -0.25) is 14.1 Å². The number of carboxylic acid groups (broad SMARTS) is 1. The molecule has 194 valence electrons. The summed E-state index contributed by atoms with van der Waals surface area (Å²) in [5, 5.41) is 25.0. The third-order valence-corrected chi connectivity index (χ3v) is 7.17. The van der Waals surface area contributed by atoms with Gasteiger partial charge in [-0.1, -0.05) is 5.16 Å². The lowest BCUT2D eigenvalue weighted by atomic mass is 9.98. The number of oxime groups is 1. The van der Waals surface area contributed by atoms with Crippen LogP contribution in [0.15, 0.2) is 10.5 Å². The van der Waals surface area contributed by atoms with Crippen LogP contribution in [0, 0.1) is 6.92 Å². The standard InChI is InChI=1S/C17H21N9O8S2/c1-7-8(4-18)23-25(22-7)5-10-12(14(28)26(10)36(31,32)33)21-13(27)11(9-6-35-16(19)20-9)24-34-17(2-3-17)15(29)30/h6,10,12H,2-5,18H2,1H3,(H2,19,20)(H,21,27)(H,29,30)(H,31,32,33)/t10-,12+/m1/s1. The fraction of sp³-hybridized carbons (Fsp3) is 0.471. The van der Waals surface area contributed by atoms with Crippen molar-refractivity contribution in [3.05, 3.63) is 22.5 Å². The fourth-order valence-electron chi connectivity index (χ4n) is 3.44. The van der Waals surface area contributed by atoms with Crippen LogP contribution in [-0.4, -0.2) is 83.5 Å². The number of aliphatic carboxylic acids is 1. The molecule has 19 heteroatoms. The van der Waals surface area contributed by atoms with Crippen LogP contribution < -0.4 is 16.8 Å². The Morgan fingerprint density at radius 1 is 1.39 bits per heavy atom. The molecule has 2 aromatic rings. The number of carbonyl (C=O) groups excluding carboxylic acids is 2. The molecule has 2 atom stereocenters. The fourth-order valence-corrected chi connectivity index (χ4v) is 4.86. The number of nitrogens with one attached hydrogen (secondary N) is 1. The van der Waals surface area contributed by atoms with E-state index in [4.69, 9.17) is 16.3 Å². The molecule has 7 N–H and O–H groups in total. The zero-order chi connectivity index (χ0) is 26.4. The average Bonchev–Trinajstić information content (AvgIpc) is 3.34.